The molecular weight excluding hydrogens is 380 g/mol. The Kier molecular flexibility index (Phi) is 4.86. The second-order valence-electron chi connectivity index (χ2n) is 8.26. The molecule has 1 aliphatic carbocycles. The molecule has 1 fully saturated rings. The van der Waals surface area contributed by atoms with Crippen molar-refractivity contribution in [2.75, 3.05) is 25.1 Å². The van der Waals surface area contributed by atoms with E-state index in [0.29, 0.717) is 12.5 Å². The molecule has 0 amide bonds. The maximum atomic E-state index is 11.5. The molecule has 2 aromatic heterocycles. The fourth-order valence-electron chi connectivity index (χ4n) is 5.17. The number of benzene rings is 1. The number of likely N-dealkylation sites (N-methyl/N-ethyl adjacent to an activating group) is 1. The number of nitrogens with zero attached hydrogens (tertiary/aromatic N) is 2. The third-order valence-corrected chi connectivity index (χ3v) is 7.61. The van der Waals surface area contributed by atoms with Crippen molar-refractivity contribution in [2.24, 2.45) is 0 Å². The van der Waals surface area contributed by atoms with E-state index in [4.69, 9.17) is 4.74 Å². The van der Waals surface area contributed by atoms with Gasteiger partial charge in [0.05, 0.1) is 27.4 Å². The molecule has 1 aliphatic heterocycles. The van der Waals surface area contributed by atoms with Crippen molar-refractivity contribution in [1.29, 1.82) is 0 Å². The van der Waals surface area contributed by atoms with Crippen LogP contribution in [0.2, 0.25) is 0 Å². The summed E-state index contributed by atoms with van der Waals surface area (Å²) in [6.45, 7) is 4.58. The number of carbonyl (C=O) groups excluding carboxylic acids is 1. The largest absolute Gasteiger partial charge is 0.494 e. The lowest BCUT2D eigenvalue weighted by atomic mass is 9.83. The summed E-state index contributed by atoms with van der Waals surface area (Å²) >= 11 is 1.68. The summed E-state index contributed by atoms with van der Waals surface area (Å²) in [5.41, 5.74) is 6.64. The van der Waals surface area contributed by atoms with E-state index in [1.54, 1.807) is 11.3 Å². The molecule has 0 spiro atoms. The Morgan fingerprint density at radius 3 is 2.76 bits per heavy atom. The lowest BCUT2D eigenvalue weighted by Crippen LogP contribution is -2.20. The maximum absolute atomic E-state index is 11.5. The Morgan fingerprint density at radius 1 is 1.17 bits per heavy atom. The molecule has 0 saturated heterocycles. The predicted octanol–water partition coefficient (Wildman–Crippen LogP) is 6.08. The molecule has 0 unspecified atom stereocenters. The van der Waals surface area contributed by atoms with E-state index in [1.807, 2.05) is 6.92 Å². The normalized spacial score (nSPS) is 17.1. The van der Waals surface area contributed by atoms with Crippen LogP contribution in [0.15, 0.2) is 24.3 Å². The second kappa shape index (κ2) is 7.52. The molecule has 0 atom stereocenters. The number of anilines is 1. The summed E-state index contributed by atoms with van der Waals surface area (Å²) in [5, 5.41) is 0. The number of rotatable bonds is 4. The fraction of sp³-hybridized carbons (Fsp3) is 0.458. The van der Waals surface area contributed by atoms with Crippen LogP contribution in [-0.2, 0) is 6.54 Å². The highest BCUT2D eigenvalue weighted by Crippen LogP contribution is 2.49. The number of ether oxygens (including phenoxy) is 1. The Labute approximate surface area is 176 Å². The van der Waals surface area contributed by atoms with Gasteiger partial charge < -0.3 is 14.2 Å². The van der Waals surface area contributed by atoms with Crippen molar-refractivity contribution in [3.63, 3.8) is 0 Å². The zero-order valence-electron chi connectivity index (χ0n) is 17.2. The van der Waals surface area contributed by atoms with E-state index in [-0.39, 0.29) is 0 Å². The Morgan fingerprint density at radius 2 is 2.00 bits per heavy atom. The number of aldehydes is 1. The first-order chi connectivity index (χ1) is 14.2. The van der Waals surface area contributed by atoms with Crippen LogP contribution >= 0.6 is 11.3 Å². The highest BCUT2D eigenvalue weighted by atomic mass is 32.1. The van der Waals surface area contributed by atoms with E-state index in [0.717, 1.165) is 30.0 Å². The van der Waals surface area contributed by atoms with Gasteiger partial charge in [-0.3, -0.25) is 4.79 Å². The molecular formula is C24H28N2O2S. The average Bonchev–Trinajstić information content (AvgIpc) is 3.25. The van der Waals surface area contributed by atoms with Crippen molar-refractivity contribution >= 4 is 33.5 Å². The van der Waals surface area contributed by atoms with Crippen molar-refractivity contribution in [1.82, 2.24) is 4.57 Å². The Hall–Kier alpha value is -2.27. The minimum absolute atomic E-state index is 0.587. The van der Waals surface area contributed by atoms with Crippen LogP contribution in [-0.4, -0.2) is 31.1 Å². The molecule has 4 nitrogen and oxygen atoms in total. The molecule has 5 rings (SSSR count). The third kappa shape index (κ3) is 3.07. The lowest BCUT2D eigenvalue weighted by molar-refractivity contribution is 0.112. The highest BCUT2D eigenvalue weighted by molar-refractivity contribution is 7.20. The monoisotopic (exact) mass is 408 g/mol. The van der Waals surface area contributed by atoms with Gasteiger partial charge >= 0.3 is 0 Å². The Balaban J connectivity index is 1.77. The molecule has 3 heterocycles. The van der Waals surface area contributed by atoms with Gasteiger partial charge in [0.2, 0.25) is 0 Å². The Bertz CT molecular complexity index is 1060. The van der Waals surface area contributed by atoms with E-state index >= 15 is 0 Å². The maximum Gasteiger partial charge on any atom is 0.160 e. The van der Waals surface area contributed by atoms with Crippen LogP contribution in [0.4, 0.5) is 5.69 Å². The summed E-state index contributed by atoms with van der Waals surface area (Å²) in [5.74, 6) is 1.52. The molecule has 152 valence electrons. The first-order valence-electron chi connectivity index (χ1n) is 10.8. The number of hydrogen-bond donors (Lipinski definition) is 0. The van der Waals surface area contributed by atoms with E-state index in [9.17, 15) is 4.79 Å². The molecule has 29 heavy (non-hydrogen) atoms. The first-order valence-corrected chi connectivity index (χ1v) is 11.6. The third-order valence-electron chi connectivity index (χ3n) is 6.53. The van der Waals surface area contributed by atoms with Gasteiger partial charge in [-0.1, -0.05) is 19.3 Å². The van der Waals surface area contributed by atoms with E-state index in [1.165, 1.54) is 64.8 Å². The zero-order valence-corrected chi connectivity index (χ0v) is 18.1. The van der Waals surface area contributed by atoms with Gasteiger partial charge in [0.1, 0.15) is 5.75 Å². The smallest absolute Gasteiger partial charge is 0.160 e. The van der Waals surface area contributed by atoms with Crippen LogP contribution in [0.1, 0.15) is 60.2 Å². The van der Waals surface area contributed by atoms with Gasteiger partial charge in [-0.05, 0) is 49.4 Å². The quantitative estimate of drug-likeness (QED) is 0.491. The second-order valence-corrected chi connectivity index (χ2v) is 9.35. The van der Waals surface area contributed by atoms with Gasteiger partial charge in [0.15, 0.2) is 6.29 Å². The van der Waals surface area contributed by atoms with Crippen molar-refractivity contribution in [3.8, 4) is 17.0 Å². The number of aromatic nitrogens is 1. The van der Waals surface area contributed by atoms with E-state index in [2.05, 4.69) is 40.8 Å². The zero-order chi connectivity index (χ0) is 20.0. The minimum atomic E-state index is 0.587. The molecule has 0 bridgehead atoms. The van der Waals surface area contributed by atoms with Gasteiger partial charge in [-0.25, -0.2) is 0 Å². The number of thiophene rings is 1. The summed E-state index contributed by atoms with van der Waals surface area (Å²) in [4.78, 5) is 14.7. The van der Waals surface area contributed by atoms with Crippen molar-refractivity contribution in [3.05, 3.63) is 34.7 Å². The molecule has 0 radical (unpaired) electrons. The molecule has 5 heteroatoms. The van der Waals surface area contributed by atoms with Crippen LogP contribution in [0.3, 0.4) is 0 Å². The summed E-state index contributed by atoms with van der Waals surface area (Å²) < 4.78 is 9.61. The van der Waals surface area contributed by atoms with Crippen LogP contribution in [0.5, 0.6) is 5.75 Å². The topological polar surface area (TPSA) is 34.5 Å². The minimum Gasteiger partial charge on any atom is -0.494 e. The van der Waals surface area contributed by atoms with Gasteiger partial charge in [0, 0.05) is 37.5 Å². The lowest BCUT2D eigenvalue weighted by Gasteiger charge is -2.24. The molecule has 3 aromatic rings. The first kappa shape index (κ1) is 18.7. The average molecular weight is 409 g/mol. The highest BCUT2D eigenvalue weighted by Gasteiger charge is 2.31. The summed E-state index contributed by atoms with van der Waals surface area (Å²) in [6, 6.07) is 8.64. The van der Waals surface area contributed by atoms with E-state index < -0.39 is 0 Å². The molecule has 1 aromatic carbocycles. The number of hydrogen-bond acceptors (Lipinski definition) is 4. The molecule has 2 aliphatic rings. The van der Waals surface area contributed by atoms with Gasteiger partial charge in [-0.15, -0.1) is 11.3 Å². The van der Waals surface area contributed by atoms with Crippen LogP contribution in [0.25, 0.3) is 21.5 Å². The summed E-state index contributed by atoms with van der Waals surface area (Å²) in [6.07, 6.45) is 7.47. The fourth-order valence-corrected chi connectivity index (χ4v) is 6.27. The van der Waals surface area contributed by atoms with Crippen molar-refractivity contribution < 1.29 is 9.53 Å². The SMILES string of the molecule is CCOc1ccc2c(c1)N(C)CCn1c-2c(C2CCCCC2)c2sc(C=O)cc21. The standard InChI is InChI=1S/C24H28N2O2S/c1-3-28-17-9-10-19-20(13-17)25(2)11-12-26-21-14-18(15-27)29-24(21)22(23(19)26)16-7-5-4-6-8-16/h9-10,13-16H,3-8,11-12H2,1-2H3. The van der Waals surface area contributed by atoms with Crippen molar-refractivity contribution in [2.45, 2.75) is 51.5 Å². The van der Waals surface area contributed by atoms with Crippen LogP contribution < -0.4 is 9.64 Å². The van der Waals surface area contributed by atoms with Gasteiger partial charge in [-0.2, -0.15) is 0 Å². The molecule has 1 saturated carbocycles. The molecule has 0 N–H and O–H groups in total. The van der Waals surface area contributed by atoms with Crippen LogP contribution in [0, 0.1) is 0 Å². The van der Waals surface area contributed by atoms with Gasteiger partial charge in [0.25, 0.3) is 0 Å². The predicted molar refractivity (Wildman–Crippen MR) is 121 cm³/mol. The number of fused-ring (bicyclic) bond motifs is 5. The summed E-state index contributed by atoms with van der Waals surface area (Å²) in [7, 11) is 2.17. The number of carbonyl (C=O) groups is 1.